The van der Waals surface area contributed by atoms with E-state index in [4.69, 9.17) is 0 Å². The molecule has 0 saturated carbocycles. The van der Waals surface area contributed by atoms with Crippen LogP contribution in [0.1, 0.15) is 28.2 Å². The summed E-state index contributed by atoms with van der Waals surface area (Å²) in [5, 5.41) is 16.4. The van der Waals surface area contributed by atoms with Crippen LogP contribution in [0.2, 0.25) is 0 Å². The standard InChI is InChI=1S/C15H21N5OS/c21-15(17-7-5-13-4-2-8-22-13)14-11-20(19-18-14)10-12-3-1-6-16-9-12/h2,4,8,11-12,16H,1,3,5-7,9-10H2,(H,17,21)/t12-/m0/s1. The average Bonchev–Trinajstić information content (AvgIpc) is 3.20. The van der Waals surface area contributed by atoms with Gasteiger partial charge in [-0.3, -0.25) is 9.48 Å². The van der Waals surface area contributed by atoms with Gasteiger partial charge in [0.15, 0.2) is 5.69 Å². The van der Waals surface area contributed by atoms with E-state index in [2.05, 4.69) is 27.0 Å². The van der Waals surface area contributed by atoms with Crippen LogP contribution in [0, 0.1) is 5.92 Å². The van der Waals surface area contributed by atoms with Gasteiger partial charge < -0.3 is 10.6 Å². The Morgan fingerprint density at radius 2 is 2.50 bits per heavy atom. The highest BCUT2D eigenvalue weighted by molar-refractivity contribution is 7.09. The topological polar surface area (TPSA) is 71.8 Å². The summed E-state index contributed by atoms with van der Waals surface area (Å²) < 4.78 is 1.78. The van der Waals surface area contributed by atoms with E-state index in [9.17, 15) is 4.79 Å². The second-order valence-corrected chi connectivity index (χ2v) is 6.66. The lowest BCUT2D eigenvalue weighted by atomic mass is 10.00. The number of hydrogen-bond acceptors (Lipinski definition) is 5. The first-order valence-corrected chi connectivity index (χ1v) is 8.60. The van der Waals surface area contributed by atoms with E-state index >= 15 is 0 Å². The lowest BCUT2D eigenvalue weighted by molar-refractivity contribution is 0.0949. The molecule has 22 heavy (non-hydrogen) atoms. The highest BCUT2D eigenvalue weighted by Gasteiger charge is 2.16. The van der Waals surface area contributed by atoms with Gasteiger partial charge in [-0.1, -0.05) is 11.3 Å². The molecule has 0 bridgehead atoms. The molecule has 1 fully saturated rings. The minimum absolute atomic E-state index is 0.149. The van der Waals surface area contributed by atoms with Gasteiger partial charge in [0.1, 0.15) is 0 Å². The minimum atomic E-state index is -0.149. The molecule has 1 aliphatic rings. The van der Waals surface area contributed by atoms with E-state index in [1.54, 1.807) is 22.2 Å². The normalized spacial score (nSPS) is 18.3. The van der Waals surface area contributed by atoms with Gasteiger partial charge in [-0.2, -0.15) is 0 Å². The Labute approximate surface area is 133 Å². The number of rotatable bonds is 6. The first-order valence-electron chi connectivity index (χ1n) is 7.72. The predicted molar refractivity (Wildman–Crippen MR) is 86.0 cm³/mol. The van der Waals surface area contributed by atoms with Crippen molar-refractivity contribution in [2.75, 3.05) is 19.6 Å². The largest absolute Gasteiger partial charge is 0.350 e. The predicted octanol–water partition coefficient (Wildman–Crippen LogP) is 1.31. The highest BCUT2D eigenvalue weighted by Crippen LogP contribution is 2.12. The van der Waals surface area contributed by atoms with Crippen LogP contribution in [0.5, 0.6) is 0 Å². The van der Waals surface area contributed by atoms with Crippen molar-refractivity contribution in [1.29, 1.82) is 0 Å². The molecule has 1 aliphatic heterocycles. The summed E-state index contributed by atoms with van der Waals surface area (Å²) >= 11 is 1.70. The number of carbonyl (C=O) groups excluding carboxylic acids is 1. The molecule has 0 spiro atoms. The monoisotopic (exact) mass is 319 g/mol. The zero-order valence-corrected chi connectivity index (χ0v) is 13.3. The molecular formula is C15H21N5OS. The minimum Gasteiger partial charge on any atom is -0.350 e. The van der Waals surface area contributed by atoms with E-state index in [0.717, 1.165) is 26.1 Å². The van der Waals surface area contributed by atoms with E-state index in [1.807, 2.05) is 11.4 Å². The molecule has 0 aliphatic carbocycles. The van der Waals surface area contributed by atoms with Crippen molar-refractivity contribution in [1.82, 2.24) is 25.6 Å². The molecule has 6 nitrogen and oxygen atoms in total. The van der Waals surface area contributed by atoms with Crippen molar-refractivity contribution in [3.05, 3.63) is 34.3 Å². The van der Waals surface area contributed by atoms with Crippen molar-refractivity contribution in [3.63, 3.8) is 0 Å². The number of thiophene rings is 1. The Hall–Kier alpha value is -1.73. The molecule has 7 heteroatoms. The molecule has 0 radical (unpaired) electrons. The molecule has 118 valence electrons. The maximum Gasteiger partial charge on any atom is 0.273 e. The van der Waals surface area contributed by atoms with Crippen molar-refractivity contribution in [2.45, 2.75) is 25.8 Å². The van der Waals surface area contributed by atoms with Crippen molar-refractivity contribution >= 4 is 17.2 Å². The Bertz CT molecular complexity index is 589. The summed E-state index contributed by atoms with van der Waals surface area (Å²) in [7, 11) is 0. The van der Waals surface area contributed by atoms with E-state index in [-0.39, 0.29) is 5.91 Å². The first kappa shape index (κ1) is 15.2. The Balaban J connectivity index is 1.46. The summed E-state index contributed by atoms with van der Waals surface area (Å²) in [6.45, 7) is 3.56. The van der Waals surface area contributed by atoms with Crippen LogP contribution < -0.4 is 10.6 Å². The fourth-order valence-corrected chi connectivity index (χ4v) is 3.39. The molecule has 0 unspecified atom stereocenters. The zero-order chi connectivity index (χ0) is 15.2. The number of nitrogens with zero attached hydrogens (tertiary/aromatic N) is 3. The van der Waals surface area contributed by atoms with Crippen LogP contribution in [0.25, 0.3) is 0 Å². The Morgan fingerprint density at radius 1 is 1.55 bits per heavy atom. The summed E-state index contributed by atoms with van der Waals surface area (Å²) in [6.07, 6.45) is 5.00. The Morgan fingerprint density at radius 3 is 3.27 bits per heavy atom. The summed E-state index contributed by atoms with van der Waals surface area (Å²) in [5.74, 6) is 0.426. The van der Waals surface area contributed by atoms with Crippen molar-refractivity contribution < 1.29 is 4.79 Å². The lowest BCUT2D eigenvalue weighted by Crippen LogP contribution is -2.32. The summed E-state index contributed by atoms with van der Waals surface area (Å²) in [5.41, 5.74) is 0.398. The molecule has 1 amide bonds. The number of nitrogens with one attached hydrogen (secondary N) is 2. The second-order valence-electron chi connectivity index (χ2n) is 5.62. The third-order valence-corrected chi connectivity index (χ3v) is 4.79. The van der Waals surface area contributed by atoms with Gasteiger partial charge in [-0.25, -0.2) is 0 Å². The van der Waals surface area contributed by atoms with Gasteiger partial charge >= 0.3 is 0 Å². The number of hydrogen-bond donors (Lipinski definition) is 2. The van der Waals surface area contributed by atoms with E-state index < -0.39 is 0 Å². The van der Waals surface area contributed by atoms with Crippen LogP contribution in [-0.4, -0.2) is 40.5 Å². The van der Waals surface area contributed by atoms with Crippen molar-refractivity contribution in [3.8, 4) is 0 Å². The third kappa shape index (κ3) is 4.14. The van der Waals surface area contributed by atoms with Gasteiger partial charge in [-0.15, -0.1) is 16.4 Å². The summed E-state index contributed by atoms with van der Waals surface area (Å²) in [6, 6.07) is 4.10. The van der Waals surface area contributed by atoms with Gasteiger partial charge in [0.05, 0.1) is 6.20 Å². The average molecular weight is 319 g/mol. The van der Waals surface area contributed by atoms with Gasteiger partial charge in [0.25, 0.3) is 5.91 Å². The molecule has 3 rings (SSSR count). The van der Waals surface area contributed by atoms with Gasteiger partial charge in [0.2, 0.25) is 0 Å². The highest BCUT2D eigenvalue weighted by atomic mass is 32.1. The first-order chi connectivity index (χ1) is 10.8. The number of carbonyl (C=O) groups is 1. The smallest absolute Gasteiger partial charge is 0.273 e. The Kier molecular flexibility index (Phi) is 5.18. The maximum absolute atomic E-state index is 12.0. The van der Waals surface area contributed by atoms with E-state index in [0.29, 0.717) is 18.2 Å². The molecule has 0 aromatic carbocycles. The number of aromatic nitrogens is 3. The van der Waals surface area contributed by atoms with Gasteiger partial charge in [-0.05, 0) is 49.7 Å². The molecule has 1 atom stereocenters. The fourth-order valence-electron chi connectivity index (χ4n) is 2.68. The quantitative estimate of drug-likeness (QED) is 0.842. The third-order valence-electron chi connectivity index (χ3n) is 3.85. The molecule has 2 aromatic rings. The lowest BCUT2D eigenvalue weighted by Gasteiger charge is -2.22. The van der Waals surface area contributed by atoms with Crippen LogP contribution in [0.15, 0.2) is 23.7 Å². The molecule has 3 heterocycles. The van der Waals surface area contributed by atoms with E-state index in [1.165, 1.54) is 17.7 Å². The second kappa shape index (κ2) is 7.51. The zero-order valence-electron chi connectivity index (χ0n) is 12.5. The van der Waals surface area contributed by atoms with Gasteiger partial charge in [0, 0.05) is 18.0 Å². The molecular weight excluding hydrogens is 298 g/mol. The molecule has 2 aromatic heterocycles. The maximum atomic E-state index is 12.0. The summed E-state index contributed by atoms with van der Waals surface area (Å²) in [4.78, 5) is 13.3. The van der Waals surface area contributed by atoms with Crippen molar-refractivity contribution in [2.24, 2.45) is 5.92 Å². The van der Waals surface area contributed by atoms with Crippen LogP contribution in [0.4, 0.5) is 0 Å². The SMILES string of the molecule is O=C(NCCc1cccs1)c1cn(C[C@H]2CCCNC2)nn1. The number of amides is 1. The fraction of sp³-hybridized carbons (Fsp3) is 0.533. The van der Waals surface area contributed by atoms with Crippen LogP contribution in [-0.2, 0) is 13.0 Å². The van der Waals surface area contributed by atoms with Crippen LogP contribution in [0.3, 0.4) is 0 Å². The molecule has 2 N–H and O–H groups in total. The molecule has 1 saturated heterocycles. The van der Waals surface area contributed by atoms with Crippen LogP contribution >= 0.6 is 11.3 Å². The number of piperidine rings is 1.